The van der Waals surface area contributed by atoms with Gasteiger partial charge >= 0.3 is 0 Å². The van der Waals surface area contributed by atoms with E-state index < -0.39 is 0 Å². The summed E-state index contributed by atoms with van der Waals surface area (Å²) in [6.07, 6.45) is 0.214. The van der Waals surface area contributed by atoms with E-state index >= 15 is 0 Å². The highest BCUT2D eigenvalue weighted by molar-refractivity contribution is 6.01. The van der Waals surface area contributed by atoms with E-state index in [0.717, 1.165) is 5.69 Å². The minimum absolute atomic E-state index is 0.00190. The number of benzene rings is 1. The Morgan fingerprint density at radius 2 is 1.77 bits per heavy atom. The molecule has 2 aliphatic heterocycles. The molecule has 140 valence electrons. The predicted molar refractivity (Wildman–Crippen MR) is 96.9 cm³/mol. The molecule has 0 radical (unpaired) electrons. The Morgan fingerprint density at radius 1 is 1.12 bits per heavy atom. The molecule has 0 unspecified atom stereocenters. The molecule has 2 saturated heterocycles. The zero-order chi connectivity index (χ0) is 18.7. The van der Waals surface area contributed by atoms with Gasteiger partial charge in [-0.15, -0.1) is 0 Å². The molecule has 7 nitrogen and oxygen atoms in total. The van der Waals surface area contributed by atoms with Crippen LogP contribution in [-0.2, 0) is 14.4 Å². The van der Waals surface area contributed by atoms with E-state index in [9.17, 15) is 14.4 Å². The van der Waals surface area contributed by atoms with Crippen LogP contribution in [0.5, 0.6) is 5.75 Å². The van der Waals surface area contributed by atoms with Gasteiger partial charge in [0.1, 0.15) is 5.75 Å². The summed E-state index contributed by atoms with van der Waals surface area (Å²) >= 11 is 0. The number of piperazine rings is 1. The Hall–Kier alpha value is -2.57. The lowest BCUT2D eigenvalue weighted by Crippen LogP contribution is -2.51. The maximum atomic E-state index is 12.8. The Balaban J connectivity index is 1.66. The number of anilines is 1. The van der Waals surface area contributed by atoms with Gasteiger partial charge in [-0.05, 0) is 19.1 Å². The number of rotatable bonds is 4. The summed E-state index contributed by atoms with van der Waals surface area (Å²) in [4.78, 5) is 41.9. The number of amides is 3. The maximum Gasteiger partial charge on any atom is 0.228 e. The summed E-state index contributed by atoms with van der Waals surface area (Å²) in [5, 5.41) is 0. The van der Waals surface area contributed by atoms with Crippen LogP contribution in [0.15, 0.2) is 24.3 Å². The van der Waals surface area contributed by atoms with E-state index in [2.05, 4.69) is 0 Å². The van der Waals surface area contributed by atoms with Gasteiger partial charge in [-0.2, -0.15) is 0 Å². The van der Waals surface area contributed by atoms with Crippen molar-refractivity contribution in [3.8, 4) is 5.75 Å². The van der Waals surface area contributed by atoms with Crippen LogP contribution in [-0.4, -0.2) is 66.9 Å². The molecule has 7 heteroatoms. The average Bonchev–Trinajstić information content (AvgIpc) is 3.03. The van der Waals surface area contributed by atoms with Gasteiger partial charge in [-0.3, -0.25) is 14.4 Å². The lowest BCUT2D eigenvalue weighted by atomic mass is 10.1. The largest absolute Gasteiger partial charge is 0.492 e. The first-order valence-electron chi connectivity index (χ1n) is 9.07. The van der Waals surface area contributed by atoms with Crippen molar-refractivity contribution in [2.24, 2.45) is 5.92 Å². The molecule has 2 fully saturated rings. The molecule has 1 aromatic carbocycles. The van der Waals surface area contributed by atoms with Gasteiger partial charge < -0.3 is 19.4 Å². The number of hydrogen-bond acceptors (Lipinski definition) is 4. The van der Waals surface area contributed by atoms with E-state index in [1.165, 1.54) is 0 Å². The van der Waals surface area contributed by atoms with Gasteiger partial charge in [0, 0.05) is 46.1 Å². The number of nitrogens with zero attached hydrogens (tertiary/aromatic N) is 3. The minimum Gasteiger partial charge on any atom is -0.492 e. The van der Waals surface area contributed by atoms with E-state index in [1.54, 1.807) is 21.6 Å². The number of ether oxygens (including phenoxy) is 1. The van der Waals surface area contributed by atoms with Crippen LogP contribution in [0.1, 0.15) is 20.3 Å². The molecule has 26 heavy (non-hydrogen) atoms. The second kappa shape index (κ2) is 7.76. The second-order valence-electron chi connectivity index (χ2n) is 6.64. The summed E-state index contributed by atoms with van der Waals surface area (Å²) in [6, 6.07) is 7.41. The normalized spacial score (nSPS) is 20.5. The fraction of sp³-hybridized carbons (Fsp3) is 0.526. The fourth-order valence-electron chi connectivity index (χ4n) is 3.56. The maximum absolute atomic E-state index is 12.8. The molecule has 1 atom stereocenters. The molecular formula is C19H25N3O4. The fourth-order valence-corrected chi connectivity index (χ4v) is 3.56. The zero-order valence-corrected chi connectivity index (χ0v) is 15.3. The predicted octanol–water partition coefficient (Wildman–Crippen LogP) is 1.13. The summed E-state index contributed by atoms with van der Waals surface area (Å²) < 4.78 is 5.62. The molecule has 0 bridgehead atoms. The van der Waals surface area contributed by atoms with E-state index in [0.29, 0.717) is 45.1 Å². The highest BCUT2D eigenvalue weighted by atomic mass is 16.5. The first kappa shape index (κ1) is 18.2. The van der Waals surface area contributed by atoms with Crippen molar-refractivity contribution >= 4 is 23.4 Å². The zero-order valence-electron chi connectivity index (χ0n) is 15.3. The molecule has 3 amide bonds. The van der Waals surface area contributed by atoms with Gasteiger partial charge in [0.2, 0.25) is 17.7 Å². The van der Waals surface area contributed by atoms with Crippen molar-refractivity contribution in [2.45, 2.75) is 20.3 Å². The molecule has 0 aliphatic carbocycles. The second-order valence-corrected chi connectivity index (χ2v) is 6.64. The lowest BCUT2D eigenvalue weighted by Gasteiger charge is -2.35. The highest BCUT2D eigenvalue weighted by Gasteiger charge is 2.38. The number of hydrogen-bond donors (Lipinski definition) is 0. The smallest absolute Gasteiger partial charge is 0.228 e. The molecule has 2 heterocycles. The average molecular weight is 359 g/mol. The minimum atomic E-state index is -0.346. The summed E-state index contributed by atoms with van der Waals surface area (Å²) in [7, 11) is 0. The third kappa shape index (κ3) is 3.66. The van der Waals surface area contributed by atoms with E-state index in [1.807, 2.05) is 31.2 Å². The van der Waals surface area contributed by atoms with Crippen LogP contribution in [0.4, 0.5) is 5.69 Å². The van der Waals surface area contributed by atoms with Crippen molar-refractivity contribution in [2.75, 3.05) is 44.2 Å². The molecule has 0 aromatic heterocycles. The van der Waals surface area contributed by atoms with Crippen molar-refractivity contribution in [3.63, 3.8) is 0 Å². The number of para-hydroxylation sites is 2. The standard InChI is InChI=1S/C19H25N3O4/c1-3-26-17-7-5-4-6-16(17)22-13-15(12-18(22)24)19(25)21-10-8-20(9-11-21)14(2)23/h4-7,15H,3,8-13H2,1-2H3/t15-/m0/s1. The Kier molecular flexibility index (Phi) is 5.44. The van der Waals surface area contributed by atoms with Gasteiger partial charge in [0.15, 0.2) is 0 Å². The van der Waals surface area contributed by atoms with Crippen LogP contribution in [0, 0.1) is 5.92 Å². The quantitative estimate of drug-likeness (QED) is 0.808. The SMILES string of the molecule is CCOc1ccccc1N1C[C@@H](C(=O)N2CCN(C(C)=O)CC2)CC1=O. The molecule has 0 saturated carbocycles. The van der Waals surface area contributed by atoms with Crippen molar-refractivity contribution in [3.05, 3.63) is 24.3 Å². The Morgan fingerprint density at radius 3 is 2.42 bits per heavy atom. The molecule has 3 rings (SSSR count). The van der Waals surface area contributed by atoms with Crippen LogP contribution in [0.2, 0.25) is 0 Å². The lowest BCUT2D eigenvalue weighted by molar-refractivity contribution is -0.141. The number of carbonyl (C=O) groups excluding carboxylic acids is 3. The van der Waals surface area contributed by atoms with Gasteiger partial charge in [-0.25, -0.2) is 0 Å². The van der Waals surface area contributed by atoms with Crippen LogP contribution in [0.25, 0.3) is 0 Å². The van der Waals surface area contributed by atoms with Gasteiger partial charge in [-0.1, -0.05) is 12.1 Å². The highest BCUT2D eigenvalue weighted by Crippen LogP contribution is 2.33. The first-order chi connectivity index (χ1) is 12.5. The van der Waals surface area contributed by atoms with Crippen LogP contribution in [0.3, 0.4) is 0 Å². The monoisotopic (exact) mass is 359 g/mol. The molecular weight excluding hydrogens is 334 g/mol. The third-order valence-corrected chi connectivity index (χ3v) is 4.97. The van der Waals surface area contributed by atoms with Crippen LogP contribution >= 0.6 is 0 Å². The van der Waals surface area contributed by atoms with Crippen molar-refractivity contribution < 1.29 is 19.1 Å². The summed E-state index contributed by atoms with van der Waals surface area (Å²) in [5.74, 6) is 0.287. The van der Waals surface area contributed by atoms with Crippen molar-refractivity contribution in [1.82, 2.24) is 9.80 Å². The number of carbonyl (C=O) groups is 3. The molecule has 2 aliphatic rings. The van der Waals surface area contributed by atoms with Gasteiger partial charge in [0.05, 0.1) is 18.2 Å². The van der Waals surface area contributed by atoms with Crippen molar-refractivity contribution in [1.29, 1.82) is 0 Å². The Bertz CT molecular complexity index is 698. The summed E-state index contributed by atoms with van der Waals surface area (Å²) in [6.45, 7) is 6.49. The molecule has 0 N–H and O–H groups in total. The molecule has 0 spiro atoms. The summed E-state index contributed by atoms with van der Waals surface area (Å²) in [5.41, 5.74) is 0.719. The van der Waals surface area contributed by atoms with Gasteiger partial charge in [0.25, 0.3) is 0 Å². The van der Waals surface area contributed by atoms with E-state index in [4.69, 9.17) is 4.74 Å². The molecule has 1 aromatic rings. The third-order valence-electron chi connectivity index (χ3n) is 4.97. The Labute approximate surface area is 153 Å². The van der Waals surface area contributed by atoms with Crippen LogP contribution < -0.4 is 9.64 Å². The van der Waals surface area contributed by atoms with E-state index in [-0.39, 0.29) is 30.1 Å². The first-order valence-corrected chi connectivity index (χ1v) is 9.07. The topological polar surface area (TPSA) is 70.2 Å².